The first-order chi connectivity index (χ1) is 9.88. The van der Waals surface area contributed by atoms with E-state index in [2.05, 4.69) is 86.8 Å². The molecular formula is C16H18IN3. The molecule has 0 spiro atoms. The average molecular weight is 379 g/mol. The molecule has 1 heterocycles. The third-order valence-corrected chi connectivity index (χ3v) is 4.02. The molecule has 1 aliphatic carbocycles. The van der Waals surface area contributed by atoms with Crippen LogP contribution in [0.2, 0.25) is 0 Å². The topological polar surface area (TPSA) is 36.4 Å². The van der Waals surface area contributed by atoms with Gasteiger partial charge in [-0.05, 0) is 24.0 Å². The lowest BCUT2D eigenvalue weighted by Gasteiger charge is -2.21. The molecule has 3 nitrogen and oxygen atoms in total. The van der Waals surface area contributed by atoms with E-state index in [9.17, 15) is 0 Å². The first-order valence-corrected chi connectivity index (χ1v) is 8.46. The van der Waals surface area contributed by atoms with Crippen molar-refractivity contribution in [1.29, 1.82) is 0 Å². The molecule has 1 fully saturated rings. The highest BCUT2D eigenvalue weighted by Gasteiger charge is 2.33. The van der Waals surface area contributed by atoms with Crippen molar-refractivity contribution in [2.24, 2.45) is 4.99 Å². The van der Waals surface area contributed by atoms with Crippen molar-refractivity contribution in [2.75, 3.05) is 4.55 Å². The Bertz CT molecular complexity index is 548. The van der Waals surface area contributed by atoms with Gasteiger partial charge in [-0.25, -0.2) is 4.99 Å². The van der Waals surface area contributed by atoms with E-state index in [1.165, 1.54) is 11.1 Å². The zero-order chi connectivity index (χ0) is 13.8. The smallest absolute Gasteiger partial charge is 0.193 e. The Hall–Kier alpha value is -1.30. The second-order valence-electron chi connectivity index (χ2n) is 4.96. The van der Waals surface area contributed by atoms with Gasteiger partial charge in [0.25, 0.3) is 0 Å². The van der Waals surface area contributed by atoms with E-state index in [1.807, 2.05) is 0 Å². The molecule has 20 heavy (non-hydrogen) atoms. The summed E-state index contributed by atoms with van der Waals surface area (Å²) < 4.78 is 0.760. The Morgan fingerprint density at radius 3 is 2.60 bits per heavy atom. The molecule has 1 aromatic carbocycles. The number of nitrogens with one attached hydrogen (secondary N) is 2. The van der Waals surface area contributed by atoms with Crippen LogP contribution in [0.15, 0.2) is 59.1 Å². The predicted octanol–water partition coefficient (Wildman–Crippen LogP) is 3.31. The zero-order valence-corrected chi connectivity index (χ0v) is 13.4. The molecule has 2 N–H and O–H groups in total. The maximum atomic E-state index is 4.47. The summed E-state index contributed by atoms with van der Waals surface area (Å²) in [6.45, 7) is 0. The Kier molecular flexibility index (Phi) is 4.40. The third kappa shape index (κ3) is 2.90. The van der Waals surface area contributed by atoms with E-state index in [0.717, 1.165) is 23.4 Å². The third-order valence-electron chi connectivity index (χ3n) is 3.68. The fraction of sp³-hybridized carbons (Fsp3) is 0.312. The highest BCUT2D eigenvalue weighted by atomic mass is 127. The maximum absolute atomic E-state index is 4.47. The standard InChI is InChI=1S/C16H18IN3/c17-11-18-16-19-14(12-7-3-1-4-8-12)15(20-16)13-9-5-2-6-10-13/h1,3-5,7-10,14-15H,2,6,11H2,(H2,18,19,20)/t14-,15-/m1/s1. The van der Waals surface area contributed by atoms with Crippen LogP contribution in [0.3, 0.4) is 0 Å². The average Bonchev–Trinajstić information content (AvgIpc) is 2.93. The summed E-state index contributed by atoms with van der Waals surface area (Å²) in [6.07, 6.45) is 9.11. The summed E-state index contributed by atoms with van der Waals surface area (Å²) in [5.74, 6) is 0.901. The lowest BCUT2D eigenvalue weighted by Crippen LogP contribution is -2.30. The van der Waals surface area contributed by atoms with Gasteiger partial charge in [-0.15, -0.1) is 0 Å². The van der Waals surface area contributed by atoms with Crippen molar-refractivity contribution >= 4 is 28.6 Å². The van der Waals surface area contributed by atoms with Gasteiger partial charge in [-0.2, -0.15) is 0 Å². The van der Waals surface area contributed by atoms with Crippen molar-refractivity contribution in [3.05, 3.63) is 59.7 Å². The van der Waals surface area contributed by atoms with E-state index in [4.69, 9.17) is 0 Å². The van der Waals surface area contributed by atoms with Gasteiger partial charge in [0.15, 0.2) is 5.96 Å². The van der Waals surface area contributed by atoms with Gasteiger partial charge in [0.2, 0.25) is 0 Å². The van der Waals surface area contributed by atoms with Crippen molar-refractivity contribution in [3.8, 4) is 0 Å². The van der Waals surface area contributed by atoms with E-state index >= 15 is 0 Å². The summed E-state index contributed by atoms with van der Waals surface area (Å²) in [5.41, 5.74) is 2.65. The molecule has 4 heteroatoms. The van der Waals surface area contributed by atoms with Crippen molar-refractivity contribution in [3.63, 3.8) is 0 Å². The lowest BCUT2D eigenvalue weighted by molar-refractivity contribution is 0.593. The van der Waals surface area contributed by atoms with Crippen LogP contribution >= 0.6 is 22.6 Å². The van der Waals surface area contributed by atoms with E-state index in [-0.39, 0.29) is 12.1 Å². The quantitative estimate of drug-likeness (QED) is 0.480. The van der Waals surface area contributed by atoms with Crippen LogP contribution in [0.4, 0.5) is 0 Å². The number of alkyl halides is 1. The maximum Gasteiger partial charge on any atom is 0.193 e. The number of rotatable bonds is 3. The number of guanidine groups is 1. The van der Waals surface area contributed by atoms with Crippen molar-refractivity contribution in [1.82, 2.24) is 10.6 Å². The van der Waals surface area contributed by atoms with Crippen molar-refractivity contribution < 1.29 is 0 Å². The first-order valence-electron chi connectivity index (χ1n) is 6.93. The number of allylic oxidation sites excluding steroid dienone is 2. The molecule has 0 aromatic heterocycles. The molecule has 1 aliphatic heterocycles. The van der Waals surface area contributed by atoms with Gasteiger partial charge in [0, 0.05) is 0 Å². The molecule has 1 saturated heterocycles. The Morgan fingerprint density at radius 1 is 1.10 bits per heavy atom. The molecule has 2 aliphatic rings. The number of hydrogen-bond donors (Lipinski definition) is 2. The molecule has 1 aromatic rings. The van der Waals surface area contributed by atoms with Gasteiger partial charge in [-0.1, -0.05) is 71.2 Å². The SMILES string of the molecule is ICN=C1N[C@H](C2=CCCC=C2)[C@@H](c2ccccc2)N1. The molecule has 3 rings (SSSR count). The summed E-state index contributed by atoms with van der Waals surface area (Å²) in [6, 6.07) is 11.1. The number of nitrogens with zero attached hydrogens (tertiary/aromatic N) is 1. The fourth-order valence-electron chi connectivity index (χ4n) is 2.73. The van der Waals surface area contributed by atoms with Crippen LogP contribution in [0.1, 0.15) is 24.4 Å². The second-order valence-corrected chi connectivity index (χ2v) is 5.65. The molecule has 0 saturated carbocycles. The Labute approximate surface area is 133 Å². The van der Waals surface area contributed by atoms with Crippen LogP contribution in [0.25, 0.3) is 0 Å². The summed E-state index contributed by atoms with van der Waals surface area (Å²) >= 11 is 2.26. The number of aliphatic imine (C=N–C) groups is 1. The Balaban J connectivity index is 1.90. The van der Waals surface area contributed by atoms with Crippen LogP contribution in [-0.2, 0) is 0 Å². The molecule has 0 amide bonds. The molecule has 0 bridgehead atoms. The fourth-order valence-corrected chi connectivity index (χ4v) is 3.07. The number of halogens is 1. The van der Waals surface area contributed by atoms with E-state index in [0.29, 0.717) is 0 Å². The summed E-state index contributed by atoms with van der Waals surface area (Å²) in [7, 11) is 0. The predicted molar refractivity (Wildman–Crippen MR) is 92.0 cm³/mol. The van der Waals surface area contributed by atoms with Crippen LogP contribution in [0.5, 0.6) is 0 Å². The van der Waals surface area contributed by atoms with Crippen LogP contribution < -0.4 is 10.6 Å². The van der Waals surface area contributed by atoms with Crippen molar-refractivity contribution in [2.45, 2.75) is 24.9 Å². The largest absolute Gasteiger partial charge is 0.347 e. The van der Waals surface area contributed by atoms with E-state index in [1.54, 1.807) is 0 Å². The summed E-state index contributed by atoms with van der Waals surface area (Å²) in [4.78, 5) is 4.47. The zero-order valence-electron chi connectivity index (χ0n) is 11.2. The first kappa shape index (κ1) is 13.7. The highest BCUT2D eigenvalue weighted by molar-refractivity contribution is 14.1. The van der Waals surface area contributed by atoms with Crippen LogP contribution in [-0.4, -0.2) is 16.6 Å². The highest BCUT2D eigenvalue weighted by Crippen LogP contribution is 2.28. The minimum atomic E-state index is 0.242. The summed E-state index contributed by atoms with van der Waals surface area (Å²) in [5, 5.41) is 7.04. The normalized spacial score (nSPS) is 27.1. The van der Waals surface area contributed by atoms with Gasteiger partial charge in [-0.3, -0.25) is 0 Å². The number of benzene rings is 1. The van der Waals surface area contributed by atoms with Gasteiger partial charge >= 0.3 is 0 Å². The molecule has 0 unspecified atom stereocenters. The van der Waals surface area contributed by atoms with Gasteiger partial charge in [0.05, 0.1) is 16.6 Å². The van der Waals surface area contributed by atoms with E-state index < -0.39 is 0 Å². The minimum absolute atomic E-state index is 0.242. The monoisotopic (exact) mass is 379 g/mol. The number of hydrogen-bond acceptors (Lipinski definition) is 1. The second kappa shape index (κ2) is 6.43. The molecule has 0 radical (unpaired) electrons. The van der Waals surface area contributed by atoms with Gasteiger partial charge in [0.1, 0.15) is 0 Å². The molecular weight excluding hydrogens is 361 g/mol. The van der Waals surface area contributed by atoms with Gasteiger partial charge < -0.3 is 10.6 Å². The lowest BCUT2D eigenvalue weighted by atomic mass is 9.92. The molecule has 2 atom stereocenters. The Morgan fingerprint density at radius 2 is 1.90 bits per heavy atom. The minimum Gasteiger partial charge on any atom is -0.347 e. The van der Waals surface area contributed by atoms with Crippen LogP contribution in [0, 0.1) is 0 Å². The molecule has 104 valence electrons.